The van der Waals surface area contributed by atoms with E-state index in [2.05, 4.69) is 13.0 Å². The van der Waals surface area contributed by atoms with Gasteiger partial charge < -0.3 is 15.1 Å². The number of nitrogens with zero attached hydrogens (tertiary/aromatic N) is 1. The van der Waals surface area contributed by atoms with Crippen LogP contribution >= 0.6 is 0 Å². The minimum Gasteiger partial charge on any atom is -0.393 e. The van der Waals surface area contributed by atoms with Crippen LogP contribution in [0.15, 0.2) is 11.6 Å². The summed E-state index contributed by atoms with van der Waals surface area (Å²) >= 11 is 0. The van der Waals surface area contributed by atoms with E-state index in [1.165, 1.54) is 5.57 Å². The van der Waals surface area contributed by atoms with Crippen molar-refractivity contribution >= 4 is 11.7 Å². The Labute approximate surface area is 176 Å². The Balaban J connectivity index is 1.76. The maximum Gasteiger partial charge on any atom is 0.222 e. The highest BCUT2D eigenvalue weighted by Gasteiger charge is 2.47. The van der Waals surface area contributed by atoms with E-state index in [1.807, 2.05) is 0 Å². The monoisotopic (exact) mass is 407 g/mol. The number of ketones is 1. The zero-order chi connectivity index (χ0) is 21.4. The molecule has 2 aliphatic carbocycles. The van der Waals surface area contributed by atoms with Crippen LogP contribution in [0.3, 0.4) is 0 Å². The molecule has 1 fully saturated rings. The number of aliphatic hydroxyl groups is 2. The predicted octanol–water partition coefficient (Wildman–Crippen LogP) is 3.87. The molecule has 5 atom stereocenters. The number of carbonyl (C=O) groups excluding carboxylic acids is 2. The molecule has 0 aromatic carbocycles. The number of amides is 1. The van der Waals surface area contributed by atoms with Gasteiger partial charge in [0.05, 0.1) is 12.2 Å². The Morgan fingerprint density at radius 2 is 1.86 bits per heavy atom. The molecule has 2 rings (SSSR count). The van der Waals surface area contributed by atoms with Gasteiger partial charge in [-0.3, -0.25) is 9.59 Å². The van der Waals surface area contributed by atoms with Gasteiger partial charge in [0.1, 0.15) is 5.78 Å². The number of unbranched alkanes of at least 4 members (excludes halogenated alkanes) is 4. The minimum absolute atomic E-state index is 0.126. The fraction of sp³-hybridized carbons (Fsp3) is 0.833. The SMILES string of the molecule is CCCCCCC(=O)C[C@@H](O)[C@@H]1[C@H]2CC(CCCCC(=O)N(C)C)=C[C@H]2C[C@H]1O. The van der Waals surface area contributed by atoms with Crippen molar-refractivity contribution < 1.29 is 19.8 Å². The molecule has 29 heavy (non-hydrogen) atoms. The summed E-state index contributed by atoms with van der Waals surface area (Å²) in [6.07, 6.45) is 11.1. The van der Waals surface area contributed by atoms with Crippen molar-refractivity contribution in [2.75, 3.05) is 14.1 Å². The molecule has 1 saturated carbocycles. The summed E-state index contributed by atoms with van der Waals surface area (Å²) in [5.41, 5.74) is 1.40. The number of rotatable bonds is 13. The van der Waals surface area contributed by atoms with Gasteiger partial charge in [-0.1, -0.05) is 37.8 Å². The van der Waals surface area contributed by atoms with Crippen molar-refractivity contribution in [2.24, 2.45) is 17.8 Å². The number of aliphatic hydroxyl groups excluding tert-OH is 2. The molecule has 0 radical (unpaired) electrons. The van der Waals surface area contributed by atoms with Crippen LogP contribution in [0.25, 0.3) is 0 Å². The average Bonchev–Trinajstić information content (AvgIpc) is 3.17. The van der Waals surface area contributed by atoms with E-state index in [-0.39, 0.29) is 29.9 Å². The van der Waals surface area contributed by atoms with E-state index < -0.39 is 12.2 Å². The highest BCUT2D eigenvalue weighted by atomic mass is 16.3. The van der Waals surface area contributed by atoms with Gasteiger partial charge in [-0.25, -0.2) is 0 Å². The van der Waals surface area contributed by atoms with E-state index in [0.717, 1.165) is 51.4 Å². The molecule has 0 saturated heterocycles. The van der Waals surface area contributed by atoms with Crippen molar-refractivity contribution in [3.8, 4) is 0 Å². The first-order valence-electron chi connectivity index (χ1n) is 11.6. The van der Waals surface area contributed by atoms with Crippen LogP contribution in [0, 0.1) is 17.8 Å². The van der Waals surface area contributed by atoms with Gasteiger partial charge in [-0.05, 0) is 50.4 Å². The number of hydrogen-bond donors (Lipinski definition) is 2. The molecular formula is C24H41NO4. The molecule has 0 spiro atoms. The van der Waals surface area contributed by atoms with Crippen molar-refractivity contribution in [1.29, 1.82) is 0 Å². The Morgan fingerprint density at radius 3 is 2.55 bits per heavy atom. The minimum atomic E-state index is -0.732. The van der Waals surface area contributed by atoms with Gasteiger partial charge in [0, 0.05) is 39.3 Å². The summed E-state index contributed by atoms with van der Waals surface area (Å²) in [6, 6.07) is 0. The van der Waals surface area contributed by atoms with Crippen molar-refractivity contribution in [1.82, 2.24) is 4.90 Å². The molecule has 2 N–H and O–H groups in total. The zero-order valence-electron chi connectivity index (χ0n) is 18.6. The van der Waals surface area contributed by atoms with Crippen LogP contribution in [-0.4, -0.2) is 53.1 Å². The second-order valence-electron chi connectivity index (χ2n) is 9.35. The fourth-order valence-corrected chi connectivity index (χ4v) is 5.13. The summed E-state index contributed by atoms with van der Waals surface area (Å²) in [7, 11) is 3.57. The molecule has 0 heterocycles. The third-order valence-electron chi connectivity index (χ3n) is 6.78. The molecule has 166 valence electrons. The molecule has 0 unspecified atom stereocenters. The molecule has 0 aliphatic heterocycles. The van der Waals surface area contributed by atoms with Crippen molar-refractivity contribution in [3.63, 3.8) is 0 Å². The van der Waals surface area contributed by atoms with Crippen LogP contribution in [-0.2, 0) is 9.59 Å². The fourth-order valence-electron chi connectivity index (χ4n) is 5.13. The smallest absolute Gasteiger partial charge is 0.222 e. The Hall–Kier alpha value is -1.20. The quantitative estimate of drug-likeness (QED) is 0.359. The second-order valence-corrected chi connectivity index (χ2v) is 9.35. The lowest BCUT2D eigenvalue weighted by atomic mass is 9.83. The Morgan fingerprint density at radius 1 is 1.14 bits per heavy atom. The lowest BCUT2D eigenvalue weighted by Gasteiger charge is -2.26. The normalized spacial score (nSPS) is 26.9. The van der Waals surface area contributed by atoms with E-state index in [1.54, 1.807) is 19.0 Å². The summed E-state index contributed by atoms with van der Waals surface area (Å²) < 4.78 is 0. The molecule has 5 nitrogen and oxygen atoms in total. The Kier molecular flexibility index (Phi) is 9.84. The van der Waals surface area contributed by atoms with Crippen LogP contribution < -0.4 is 0 Å². The van der Waals surface area contributed by atoms with Gasteiger partial charge in [-0.15, -0.1) is 0 Å². The van der Waals surface area contributed by atoms with Crippen molar-refractivity contribution in [3.05, 3.63) is 11.6 Å². The molecule has 0 aromatic rings. The van der Waals surface area contributed by atoms with Crippen molar-refractivity contribution in [2.45, 2.75) is 96.2 Å². The standard InChI is InChI=1S/C24H41NO4/c1-4-5-6-7-11-19(26)16-22(28)24-20-14-17(13-18(20)15-21(24)27)10-8-9-12-23(29)25(2)3/h13,18,20-22,24,27-28H,4-12,14-16H2,1-3H3/t18-,20-,21+,22+,24+/m0/s1. The van der Waals surface area contributed by atoms with Gasteiger partial charge in [0.2, 0.25) is 5.91 Å². The number of Topliss-reactive ketones (excluding diaryl/α,β-unsaturated/α-hetero) is 1. The van der Waals surface area contributed by atoms with Gasteiger partial charge >= 0.3 is 0 Å². The first kappa shape index (κ1) is 24.1. The third kappa shape index (κ3) is 7.21. The zero-order valence-corrected chi connectivity index (χ0v) is 18.6. The van der Waals surface area contributed by atoms with E-state index in [9.17, 15) is 19.8 Å². The molecular weight excluding hydrogens is 366 g/mol. The van der Waals surface area contributed by atoms with Gasteiger partial charge in [0.15, 0.2) is 0 Å². The summed E-state index contributed by atoms with van der Waals surface area (Å²) in [5, 5.41) is 21.2. The topological polar surface area (TPSA) is 77.8 Å². The predicted molar refractivity (Wildman–Crippen MR) is 115 cm³/mol. The number of allylic oxidation sites excluding steroid dienone is 2. The Bertz CT molecular complexity index is 571. The number of fused-ring (bicyclic) bond motifs is 1. The van der Waals surface area contributed by atoms with Gasteiger partial charge in [-0.2, -0.15) is 0 Å². The van der Waals surface area contributed by atoms with E-state index >= 15 is 0 Å². The first-order chi connectivity index (χ1) is 13.8. The summed E-state index contributed by atoms with van der Waals surface area (Å²) in [4.78, 5) is 25.5. The van der Waals surface area contributed by atoms with Crippen LogP contribution in [0.1, 0.15) is 84.0 Å². The molecule has 0 bridgehead atoms. The largest absolute Gasteiger partial charge is 0.393 e. The van der Waals surface area contributed by atoms with Crippen LogP contribution in [0.2, 0.25) is 0 Å². The number of carbonyl (C=O) groups is 2. The highest BCUT2D eigenvalue weighted by molar-refractivity contribution is 5.78. The molecule has 2 aliphatic rings. The average molecular weight is 408 g/mol. The maximum atomic E-state index is 12.2. The van der Waals surface area contributed by atoms with E-state index in [4.69, 9.17) is 0 Å². The maximum absolute atomic E-state index is 12.2. The molecule has 5 heteroatoms. The lowest BCUT2D eigenvalue weighted by Crippen LogP contribution is -2.33. The van der Waals surface area contributed by atoms with Gasteiger partial charge in [0.25, 0.3) is 0 Å². The first-order valence-corrected chi connectivity index (χ1v) is 11.6. The second kappa shape index (κ2) is 11.8. The summed E-state index contributed by atoms with van der Waals surface area (Å²) in [6.45, 7) is 2.15. The third-order valence-corrected chi connectivity index (χ3v) is 6.78. The van der Waals surface area contributed by atoms with E-state index in [0.29, 0.717) is 25.2 Å². The molecule has 0 aromatic heterocycles. The van der Waals surface area contributed by atoms with Crippen LogP contribution in [0.4, 0.5) is 0 Å². The lowest BCUT2D eigenvalue weighted by molar-refractivity contribution is -0.128. The molecule has 1 amide bonds. The van der Waals surface area contributed by atoms with Crippen LogP contribution in [0.5, 0.6) is 0 Å². The summed E-state index contributed by atoms with van der Waals surface area (Å²) in [5.74, 6) is 0.687. The number of hydrogen-bond acceptors (Lipinski definition) is 4. The highest BCUT2D eigenvalue weighted by Crippen LogP contribution is 2.49.